The molecule has 0 saturated heterocycles. The van der Waals surface area contributed by atoms with E-state index >= 15 is 0 Å². The predicted octanol–water partition coefficient (Wildman–Crippen LogP) is 6.45. The summed E-state index contributed by atoms with van der Waals surface area (Å²) in [5.74, 6) is 0.998. The van der Waals surface area contributed by atoms with Gasteiger partial charge in [-0.1, -0.05) is 23.8 Å². The number of hydrogen-bond donors (Lipinski definition) is 1. The topological polar surface area (TPSA) is 81.0 Å². The Labute approximate surface area is 205 Å². The number of anilines is 1. The Kier molecular flexibility index (Phi) is 6.58. The fourth-order valence-electron chi connectivity index (χ4n) is 3.93. The summed E-state index contributed by atoms with van der Waals surface area (Å²) in [6.07, 6.45) is -4.87. The summed E-state index contributed by atoms with van der Waals surface area (Å²) >= 11 is 0. The van der Waals surface area contributed by atoms with E-state index in [1.807, 2.05) is 32.0 Å². The summed E-state index contributed by atoms with van der Waals surface area (Å²) in [6, 6.07) is 21.1. The van der Waals surface area contributed by atoms with E-state index in [2.05, 4.69) is 0 Å². The zero-order valence-corrected chi connectivity index (χ0v) is 19.6. The Morgan fingerprint density at radius 3 is 2.11 bits per heavy atom. The normalized spacial score (nSPS) is 11.2. The largest absolute Gasteiger partial charge is 0.457 e. The lowest BCUT2D eigenvalue weighted by atomic mass is 10.0. The summed E-state index contributed by atoms with van der Waals surface area (Å²) in [7, 11) is 0. The second kappa shape index (κ2) is 9.62. The molecule has 4 aromatic rings. The zero-order chi connectivity index (χ0) is 26.0. The van der Waals surface area contributed by atoms with Gasteiger partial charge in [-0.05, 0) is 85.1 Å². The molecule has 0 bridgehead atoms. The van der Waals surface area contributed by atoms with Crippen molar-refractivity contribution in [1.82, 2.24) is 4.57 Å². The fraction of sp³-hybridized carbons (Fsp3) is 0.143. The van der Waals surface area contributed by atoms with Gasteiger partial charge < -0.3 is 15.0 Å². The molecule has 36 heavy (non-hydrogen) atoms. The van der Waals surface area contributed by atoms with Crippen LogP contribution in [-0.2, 0) is 12.7 Å². The quantitative estimate of drug-likeness (QED) is 0.327. The van der Waals surface area contributed by atoms with Crippen LogP contribution in [0.25, 0.3) is 11.3 Å². The van der Waals surface area contributed by atoms with Crippen LogP contribution >= 0.6 is 0 Å². The maximum Gasteiger partial charge on any atom is 0.417 e. The number of nitrogen functional groups attached to an aromatic ring is 1. The number of pyridine rings is 1. The standard InChI is InChI=1S/C28H22F3N3O2/c1-17-3-4-20(18(2)13-17)16-34-26(14-25(28(29,30)31)24(15-32)27(34)35)19-5-9-22(10-6-19)36-23-11-7-21(33)8-12-23/h3-14H,16,33H2,1-2H3. The number of aromatic nitrogens is 1. The van der Waals surface area contributed by atoms with Crippen molar-refractivity contribution in [3.05, 3.63) is 111 Å². The van der Waals surface area contributed by atoms with Gasteiger partial charge >= 0.3 is 6.18 Å². The highest BCUT2D eigenvalue weighted by Crippen LogP contribution is 2.34. The minimum atomic E-state index is -4.87. The number of alkyl halides is 3. The molecule has 1 aromatic heterocycles. The van der Waals surface area contributed by atoms with Crippen LogP contribution in [0.3, 0.4) is 0 Å². The summed E-state index contributed by atoms with van der Waals surface area (Å²) in [4.78, 5) is 13.2. The molecule has 0 aliphatic carbocycles. The van der Waals surface area contributed by atoms with E-state index in [1.54, 1.807) is 48.5 Å². The highest BCUT2D eigenvalue weighted by atomic mass is 19.4. The Bertz CT molecular complexity index is 1510. The first-order valence-corrected chi connectivity index (χ1v) is 11.0. The lowest BCUT2D eigenvalue weighted by Gasteiger charge is -2.19. The molecule has 0 fully saturated rings. The van der Waals surface area contributed by atoms with Crippen LogP contribution in [0.5, 0.6) is 11.5 Å². The average Bonchev–Trinajstić information content (AvgIpc) is 2.83. The number of benzene rings is 3. The Hall–Kier alpha value is -4.51. The Balaban J connectivity index is 1.82. The maximum absolute atomic E-state index is 13.8. The molecule has 3 aromatic carbocycles. The minimum Gasteiger partial charge on any atom is -0.457 e. The Morgan fingerprint density at radius 1 is 0.944 bits per heavy atom. The van der Waals surface area contributed by atoms with Gasteiger partial charge in [0.25, 0.3) is 5.56 Å². The third-order valence-corrected chi connectivity index (χ3v) is 5.81. The molecule has 0 spiro atoms. The third kappa shape index (κ3) is 5.10. The van der Waals surface area contributed by atoms with Crippen molar-refractivity contribution < 1.29 is 17.9 Å². The molecule has 0 amide bonds. The van der Waals surface area contributed by atoms with E-state index in [0.717, 1.165) is 22.8 Å². The summed E-state index contributed by atoms with van der Waals surface area (Å²) in [6.45, 7) is 3.80. The van der Waals surface area contributed by atoms with Gasteiger partial charge in [0.05, 0.1) is 17.8 Å². The van der Waals surface area contributed by atoms with Gasteiger partial charge in [-0.3, -0.25) is 4.79 Å². The number of nitriles is 1. The molecule has 2 N–H and O–H groups in total. The van der Waals surface area contributed by atoms with Gasteiger partial charge in [-0.25, -0.2) is 0 Å². The van der Waals surface area contributed by atoms with Crippen molar-refractivity contribution in [2.24, 2.45) is 0 Å². The van der Waals surface area contributed by atoms with Crippen LogP contribution in [-0.4, -0.2) is 4.57 Å². The molecular weight excluding hydrogens is 467 g/mol. The second-order valence-corrected chi connectivity index (χ2v) is 8.44. The van der Waals surface area contributed by atoms with E-state index in [1.165, 1.54) is 10.6 Å². The van der Waals surface area contributed by atoms with Crippen molar-refractivity contribution in [2.75, 3.05) is 5.73 Å². The van der Waals surface area contributed by atoms with Gasteiger partial charge in [0.15, 0.2) is 0 Å². The summed E-state index contributed by atoms with van der Waals surface area (Å²) in [5, 5.41) is 9.41. The summed E-state index contributed by atoms with van der Waals surface area (Å²) in [5.41, 5.74) is 6.16. The van der Waals surface area contributed by atoms with E-state index in [4.69, 9.17) is 10.5 Å². The molecule has 4 rings (SSSR count). The Morgan fingerprint density at radius 2 is 1.56 bits per heavy atom. The zero-order valence-electron chi connectivity index (χ0n) is 19.6. The van der Waals surface area contributed by atoms with Crippen LogP contribution in [0.2, 0.25) is 0 Å². The molecule has 1 heterocycles. The number of nitrogens with zero attached hydrogens (tertiary/aromatic N) is 2. The van der Waals surface area contributed by atoms with Crippen LogP contribution in [0.1, 0.15) is 27.8 Å². The van der Waals surface area contributed by atoms with Crippen molar-refractivity contribution in [3.63, 3.8) is 0 Å². The SMILES string of the molecule is Cc1ccc(Cn2c(-c3ccc(Oc4ccc(N)cc4)cc3)cc(C(F)(F)F)c(C#N)c2=O)c(C)c1. The predicted molar refractivity (Wildman–Crippen MR) is 132 cm³/mol. The number of halogens is 3. The number of nitrogens with two attached hydrogens (primary N) is 1. The van der Waals surface area contributed by atoms with Gasteiger partial charge in [0.1, 0.15) is 23.1 Å². The lowest BCUT2D eigenvalue weighted by Crippen LogP contribution is -2.29. The molecule has 182 valence electrons. The number of ether oxygens (including phenoxy) is 1. The number of rotatable bonds is 5. The van der Waals surface area contributed by atoms with Crippen molar-refractivity contribution in [1.29, 1.82) is 5.26 Å². The number of aryl methyl sites for hydroxylation is 2. The minimum absolute atomic E-state index is 0.0107. The molecule has 0 unspecified atom stereocenters. The van der Waals surface area contributed by atoms with Crippen LogP contribution < -0.4 is 16.0 Å². The smallest absolute Gasteiger partial charge is 0.417 e. The second-order valence-electron chi connectivity index (χ2n) is 8.44. The van der Waals surface area contributed by atoms with Crippen LogP contribution in [0.15, 0.2) is 77.6 Å². The van der Waals surface area contributed by atoms with Crippen molar-refractivity contribution >= 4 is 5.69 Å². The molecule has 0 aliphatic heterocycles. The van der Waals surface area contributed by atoms with Crippen molar-refractivity contribution in [3.8, 4) is 28.8 Å². The van der Waals surface area contributed by atoms with E-state index in [0.29, 0.717) is 22.7 Å². The molecule has 8 heteroatoms. The van der Waals surface area contributed by atoms with Gasteiger partial charge in [0.2, 0.25) is 0 Å². The van der Waals surface area contributed by atoms with Crippen molar-refractivity contribution in [2.45, 2.75) is 26.6 Å². The molecule has 0 radical (unpaired) electrons. The number of hydrogen-bond acceptors (Lipinski definition) is 4. The molecule has 0 atom stereocenters. The first kappa shape index (κ1) is 24.6. The van der Waals surface area contributed by atoms with E-state index in [-0.39, 0.29) is 12.2 Å². The van der Waals surface area contributed by atoms with Gasteiger partial charge in [0, 0.05) is 5.69 Å². The highest BCUT2D eigenvalue weighted by molar-refractivity contribution is 5.64. The van der Waals surface area contributed by atoms with E-state index in [9.17, 15) is 23.2 Å². The van der Waals surface area contributed by atoms with Crippen LogP contribution in [0, 0.1) is 25.2 Å². The van der Waals surface area contributed by atoms with Gasteiger partial charge in [-0.2, -0.15) is 18.4 Å². The maximum atomic E-state index is 13.8. The lowest BCUT2D eigenvalue weighted by molar-refractivity contribution is -0.137. The average molecular weight is 489 g/mol. The fourth-order valence-corrected chi connectivity index (χ4v) is 3.93. The first-order valence-electron chi connectivity index (χ1n) is 11.0. The monoisotopic (exact) mass is 489 g/mol. The molecule has 5 nitrogen and oxygen atoms in total. The molecule has 0 aliphatic rings. The molecular formula is C28H22F3N3O2. The highest BCUT2D eigenvalue weighted by Gasteiger charge is 2.36. The molecule has 0 saturated carbocycles. The first-order chi connectivity index (χ1) is 17.1. The summed E-state index contributed by atoms with van der Waals surface area (Å²) < 4.78 is 48.3. The van der Waals surface area contributed by atoms with Gasteiger partial charge in [-0.15, -0.1) is 0 Å². The third-order valence-electron chi connectivity index (χ3n) is 5.81. The van der Waals surface area contributed by atoms with Crippen LogP contribution in [0.4, 0.5) is 18.9 Å². The van der Waals surface area contributed by atoms with E-state index < -0.39 is 22.9 Å².